The molecular weight excluding hydrogens is 178 g/mol. The average molecular weight is 193 g/mol. The molecule has 0 aliphatic carbocycles. The summed E-state index contributed by atoms with van der Waals surface area (Å²) in [5, 5.41) is 3.40. The van der Waals surface area contributed by atoms with Crippen molar-refractivity contribution >= 4 is 11.8 Å². The summed E-state index contributed by atoms with van der Waals surface area (Å²) in [6, 6.07) is 6.67. The highest BCUT2D eigenvalue weighted by molar-refractivity contribution is 7.98. The van der Waals surface area contributed by atoms with Crippen LogP contribution in [0.5, 0.6) is 0 Å². The summed E-state index contributed by atoms with van der Waals surface area (Å²) in [5.74, 6) is 2.37. The molecular formula is C11H15NS. The fourth-order valence-corrected chi connectivity index (χ4v) is 2.44. The molecule has 0 atom stereocenters. The van der Waals surface area contributed by atoms with Crippen LogP contribution in [-0.4, -0.2) is 5.75 Å². The third-order valence-corrected chi connectivity index (χ3v) is 3.37. The van der Waals surface area contributed by atoms with Gasteiger partial charge in [-0.2, -0.15) is 11.8 Å². The first-order chi connectivity index (χ1) is 6.42. The maximum Gasteiger partial charge on any atom is 0.0214 e. The molecule has 2 rings (SSSR count). The zero-order valence-electron chi connectivity index (χ0n) is 7.97. The zero-order valence-corrected chi connectivity index (χ0v) is 8.79. The van der Waals surface area contributed by atoms with E-state index in [1.54, 1.807) is 5.56 Å². The molecule has 0 amide bonds. The van der Waals surface area contributed by atoms with Gasteiger partial charge in [0.05, 0.1) is 0 Å². The first kappa shape index (κ1) is 9.10. The molecule has 0 aromatic heterocycles. The molecule has 13 heavy (non-hydrogen) atoms. The maximum absolute atomic E-state index is 3.40. The molecule has 0 fully saturated rings. The quantitative estimate of drug-likeness (QED) is 0.791. The van der Waals surface area contributed by atoms with E-state index in [2.05, 4.69) is 30.4 Å². The Morgan fingerprint density at radius 1 is 1.38 bits per heavy atom. The third kappa shape index (κ3) is 1.89. The third-order valence-electron chi connectivity index (χ3n) is 2.45. The van der Waals surface area contributed by atoms with Crippen LogP contribution in [0.1, 0.15) is 23.6 Å². The number of hydrogen-bond acceptors (Lipinski definition) is 2. The smallest absolute Gasteiger partial charge is 0.0214 e. The fourth-order valence-electron chi connectivity index (χ4n) is 1.75. The van der Waals surface area contributed by atoms with E-state index in [1.807, 2.05) is 11.8 Å². The number of nitrogens with one attached hydrogen (secondary N) is 1. The van der Waals surface area contributed by atoms with E-state index in [4.69, 9.17) is 0 Å². The van der Waals surface area contributed by atoms with Gasteiger partial charge in [-0.1, -0.05) is 25.1 Å². The summed E-state index contributed by atoms with van der Waals surface area (Å²) in [4.78, 5) is 0. The maximum atomic E-state index is 3.40. The van der Waals surface area contributed by atoms with E-state index in [-0.39, 0.29) is 0 Å². The van der Waals surface area contributed by atoms with Crippen molar-refractivity contribution in [2.75, 3.05) is 5.75 Å². The average Bonchev–Trinajstić information content (AvgIpc) is 2.62. The van der Waals surface area contributed by atoms with Gasteiger partial charge in [0.2, 0.25) is 0 Å². The number of fused-ring (bicyclic) bond motifs is 1. The van der Waals surface area contributed by atoms with E-state index in [0.29, 0.717) is 0 Å². The second-order valence-corrected chi connectivity index (χ2v) is 4.57. The highest BCUT2D eigenvalue weighted by atomic mass is 32.2. The minimum Gasteiger partial charge on any atom is -0.309 e. The molecule has 0 spiro atoms. The molecule has 1 aromatic rings. The van der Waals surface area contributed by atoms with Gasteiger partial charge in [-0.05, 0) is 22.4 Å². The SMILES string of the molecule is CCSCc1cccc2c1CNC2. The first-order valence-electron chi connectivity index (χ1n) is 4.80. The Morgan fingerprint density at radius 2 is 2.31 bits per heavy atom. The molecule has 0 radical (unpaired) electrons. The van der Waals surface area contributed by atoms with E-state index in [9.17, 15) is 0 Å². The standard InChI is InChI=1S/C11H15NS/c1-2-13-8-10-5-3-4-9-6-12-7-11(9)10/h3-5,12H,2,6-8H2,1H3. The lowest BCUT2D eigenvalue weighted by molar-refractivity contribution is 0.763. The highest BCUT2D eigenvalue weighted by Gasteiger charge is 2.12. The van der Waals surface area contributed by atoms with Gasteiger partial charge in [-0.15, -0.1) is 0 Å². The molecule has 2 heteroatoms. The van der Waals surface area contributed by atoms with Gasteiger partial charge < -0.3 is 5.32 Å². The van der Waals surface area contributed by atoms with Crippen LogP contribution in [0.25, 0.3) is 0 Å². The summed E-state index contributed by atoms with van der Waals surface area (Å²) >= 11 is 2.00. The Morgan fingerprint density at radius 3 is 3.15 bits per heavy atom. The molecule has 0 saturated carbocycles. The van der Waals surface area contributed by atoms with Gasteiger partial charge in [0.1, 0.15) is 0 Å². The number of rotatable bonds is 3. The lowest BCUT2D eigenvalue weighted by atomic mass is 10.1. The number of hydrogen-bond donors (Lipinski definition) is 1. The van der Waals surface area contributed by atoms with Crippen LogP contribution in [0.2, 0.25) is 0 Å². The molecule has 0 unspecified atom stereocenters. The van der Waals surface area contributed by atoms with Gasteiger partial charge in [-0.3, -0.25) is 0 Å². The molecule has 1 aliphatic rings. The van der Waals surface area contributed by atoms with Gasteiger partial charge in [-0.25, -0.2) is 0 Å². The summed E-state index contributed by atoms with van der Waals surface area (Å²) < 4.78 is 0. The Hall–Kier alpha value is -0.470. The lowest BCUT2D eigenvalue weighted by Crippen LogP contribution is -2.00. The Labute approximate surface area is 83.9 Å². The topological polar surface area (TPSA) is 12.0 Å². The summed E-state index contributed by atoms with van der Waals surface area (Å²) in [6.45, 7) is 4.34. The van der Waals surface area contributed by atoms with Crippen molar-refractivity contribution in [2.45, 2.75) is 25.8 Å². The summed E-state index contributed by atoms with van der Waals surface area (Å²) in [7, 11) is 0. The monoisotopic (exact) mass is 193 g/mol. The Balaban J connectivity index is 2.20. The Bertz CT molecular complexity index is 296. The van der Waals surface area contributed by atoms with Crippen LogP contribution in [0.3, 0.4) is 0 Å². The predicted octanol–water partition coefficient (Wildman–Crippen LogP) is 2.54. The van der Waals surface area contributed by atoms with Crippen molar-refractivity contribution in [1.29, 1.82) is 0 Å². The molecule has 1 nitrogen and oxygen atoms in total. The van der Waals surface area contributed by atoms with Gasteiger partial charge in [0.15, 0.2) is 0 Å². The molecule has 1 N–H and O–H groups in total. The Kier molecular flexibility index (Phi) is 2.91. The second-order valence-electron chi connectivity index (χ2n) is 3.30. The van der Waals surface area contributed by atoms with Crippen LogP contribution in [0.4, 0.5) is 0 Å². The summed E-state index contributed by atoms with van der Waals surface area (Å²) in [5.41, 5.74) is 4.56. The minimum atomic E-state index is 1.06. The molecule has 1 aromatic carbocycles. The highest BCUT2D eigenvalue weighted by Crippen LogP contribution is 2.23. The first-order valence-corrected chi connectivity index (χ1v) is 5.95. The molecule has 0 saturated heterocycles. The van der Waals surface area contributed by atoms with E-state index < -0.39 is 0 Å². The minimum absolute atomic E-state index is 1.06. The van der Waals surface area contributed by atoms with Crippen molar-refractivity contribution < 1.29 is 0 Å². The molecule has 1 heterocycles. The summed E-state index contributed by atoms with van der Waals surface area (Å²) in [6.07, 6.45) is 0. The molecule has 0 bridgehead atoms. The number of thioether (sulfide) groups is 1. The number of benzene rings is 1. The van der Waals surface area contributed by atoms with Crippen LogP contribution < -0.4 is 5.32 Å². The normalized spacial score (nSPS) is 14.5. The zero-order chi connectivity index (χ0) is 9.10. The lowest BCUT2D eigenvalue weighted by Gasteiger charge is -2.05. The van der Waals surface area contributed by atoms with Crippen molar-refractivity contribution in [3.8, 4) is 0 Å². The van der Waals surface area contributed by atoms with Crippen LogP contribution in [-0.2, 0) is 18.8 Å². The van der Waals surface area contributed by atoms with E-state index in [1.165, 1.54) is 22.6 Å². The van der Waals surface area contributed by atoms with Crippen molar-refractivity contribution in [1.82, 2.24) is 5.32 Å². The van der Waals surface area contributed by atoms with Crippen molar-refractivity contribution in [2.24, 2.45) is 0 Å². The van der Waals surface area contributed by atoms with Gasteiger partial charge >= 0.3 is 0 Å². The second kappa shape index (κ2) is 4.16. The van der Waals surface area contributed by atoms with Crippen molar-refractivity contribution in [3.63, 3.8) is 0 Å². The molecule has 1 aliphatic heterocycles. The van der Waals surface area contributed by atoms with Crippen LogP contribution in [0, 0.1) is 0 Å². The predicted molar refractivity (Wildman–Crippen MR) is 58.8 cm³/mol. The molecule has 70 valence electrons. The van der Waals surface area contributed by atoms with Gasteiger partial charge in [0.25, 0.3) is 0 Å². The van der Waals surface area contributed by atoms with E-state index >= 15 is 0 Å². The van der Waals surface area contributed by atoms with Crippen LogP contribution >= 0.6 is 11.8 Å². The van der Waals surface area contributed by atoms with E-state index in [0.717, 1.165) is 13.1 Å². The largest absolute Gasteiger partial charge is 0.309 e. The van der Waals surface area contributed by atoms with Crippen LogP contribution in [0.15, 0.2) is 18.2 Å². The van der Waals surface area contributed by atoms with Gasteiger partial charge in [0, 0.05) is 18.8 Å². The van der Waals surface area contributed by atoms with Crippen molar-refractivity contribution in [3.05, 3.63) is 34.9 Å². The fraction of sp³-hybridized carbons (Fsp3) is 0.455.